The Labute approximate surface area is 177 Å². The summed E-state index contributed by atoms with van der Waals surface area (Å²) in [5.41, 5.74) is 1.03. The maximum Gasteiger partial charge on any atom is 0.416 e. The molecule has 1 aliphatic carbocycles. The summed E-state index contributed by atoms with van der Waals surface area (Å²) in [5, 5.41) is 15.8. The fourth-order valence-corrected chi connectivity index (χ4v) is 4.80. The van der Waals surface area contributed by atoms with Crippen molar-refractivity contribution in [3.63, 3.8) is 0 Å². The van der Waals surface area contributed by atoms with Gasteiger partial charge in [-0.2, -0.15) is 13.2 Å². The van der Waals surface area contributed by atoms with Crippen LogP contribution in [0.5, 0.6) is 0 Å². The minimum absolute atomic E-state index is 0.0467. The monoisotopic (exact) mass is 422 g/mol. The Hall–Kier alpha value is -1.79. The number of anilines is 1. The molecule has 0 aromatic heterocycles. The first-order valence-electron chi connectivity index (χ1n) is 10.9. The van der Waals surface area contributed by atoms with Gasteiger partial charge >= 0.3 is 6.18 Å². The van der Waals surface area contributed by atoms with Crippen LogP contribution in [0.4, 0.5) is 18.9 Å². The normalized spacial score (nSPS) is 26.9. The van der Waals surface area contributed by atoms with E-state index in [2.05, 4.69) is 48.8 Å². The third-order valence-electron chi connectivity index (χ3n) is 6.54. The second kappa shape index (κ2) is 10.0. The van der Waals surface area contributed by atoms with Crippen molar-refractivity contribution in [2.75, 3.05) is 25.0 Å². The molecule has 0 radical (unpaired) electrons. The van der Waals surface area contributed by atoms with E-state index in [9.17, 15) is 13.2 Å². The van der Waals surface area contributed by atoms with Crippen LogP contribution in [0.1, 0.15) is 50.2 Å². The summed E-state index contributed by atoms with van der Waals surface area (Å²) in [6.07, 6.45) is 7.07. The van der Waals surface area contributed by atoms with Crippen LogP contribution in [0.25, 0.3) is 0 Å². The van der Waals surface area contributed by atoms with Crippen LogP contribution in [0.15, 0.2) is 42.5 Å². The number of hydrogen-bond donors (Lipinski definition) is 3. The second-order valence-electron chi connectivity index (χ2n) is 8.75. The van der Waals surface area contributed by atoms with Crippen LogP contribution in [0.2, 0.25) is 0 Å². The first-order chi connectivity index (χ1) is 14.3. The summed E-state index contributed by atoms with van der Waals surface area (Å²) in [6.45, 7) is 5.80. The van der Waals surface area contributed by atoms with Crippen LogP contribution in [0.3, 0.4) is 0 Å². The number of allylic oxidation sites excluding steroid dienone is 3. The van der Waals surface area contributed by atoms with Gasteiger partial charge in [-0.1, -0.05) is 38.2 Å². The fraction of sp³-hybridized carbons (Fsp3) is 0.583. The minimum Gasteiger partial charge on any atom is -0.395 e. The van der Waals surface area contributed by atoms with E-state index in [0.717, 1.165) is 37.1 Å². The van der Waals surface area contributed by atoms with E-state index < -0.39 is 11.7 Å². The van der Waals surface area contributed by atoms with Gasteiger partial charge in [-0.15, -0.1) is 0 Å². The highest BCUT2D eigenvalue weighted by Gasteiger charge is 2.39. The Morgan fingerprint density at radius 3 is 2.73 bits per heavy atom. The summed E-state index contributed by atoms with van der Waals surface area (Å²) in [7, 11) is 0. The molecule has 3 rings (SSSR count). The maximum absolute atomic E-state index is 13.3. The van der Waals surface area contributed by atoms with E-state index in [0.29, 0.717) is 18.4 Å². The van der Waals surface area contributed by atoms with Crippen LogP contribution in [-0.4, -0.2) is 30.8 Å². The van der Waals surface area contributed by atoms with Gasteiger partial charge in [0.1, 0.15) is 0 Å². The molecule has 0 fully saturated rings. The highest BCUT2D eigenvalue weighted by atomic mass is 19.4. The van der Waals surface area contributed by atoms with E-state index >= 15 is 0 Å². The van der Waals surface area contributed by atoms with Crippen molar-refractivity contribution in [3.8, 4) is 0 Å². The molecule has 30 heavy (non-hydrogen) atoms. The Morgan fingerprint density at radius 2 is 2.07 bits per heavy atom. The van der Waals surface area contributed by atoms with Crippen LogP contribution >= 0.6 is 0 Å². The number of aliphatic hydroxyl groups is 1. The predicted octanol–water partition coefficient (Wildman–Crippen LogP) is 5.35. The van der Waals surface area contributed by atoms with Crippen molar-refractivity contribution in [2.24, 2.45) is 17.8 Å². The average molecular weight is 423 g/mol. The predicted molar refractivity (Wildman–Crippen MR) is 116 cm³/mol. The summed E-state index contributed by atoms with van der Waals surface area (Å²) in [4.78, 5) is 0. The first-order valence-corrected chi connectivity index (χ1v) is 10.9. The quantitative estimate of drug-likeness (QED) is 0.495. The molecule has 166 valence electrons. The second-order valence-corrected chi connectivity index (χ2v) is 8.75. The van der Waals surface area contributed by atoms with Gasteiger partial charge in [0.2, 0.25) is 0 Å². The van der Waals surface area contributed by atoms with Gasteiger partial charge in [-0.05, 0) is 67.3 Å². The van der Waals surface area contributed by atoms with Crippen molar-refractivity contribution >= 4 is 5.69 Å². The SMILES string of the molecule is C[C@H](CC[C@@H]1[C@H](C)c2cc(C(F)(F)F)ccc2N[C@H]1C1C=CC=CC1)CNCCO. The molecule has 2 aliphatic rings. The third kappa shape index (κ3) is 5.46. The lowest BCUT2D eigenvalue weighted by atomic mass is 9.70. The Balaban J connectivity index is 1.81. The number of aliphatic hydroxyl groups excluding tert-OH is 1. The van der Waals surface area contributed by atoms with Crippen molar-refractivity contribution < 1.29 is 18.3 Å². The third-order valence-corrected chi connectivity index (χ3v) is 6.54. The fourth-order valence-electron chi connectivity index (χ4n) is 4.80. The Kier molecular flexibility index (Phi) is 7.64. The van der Waals surface area contributed by atoms with E-state index in [1.807, 2.05) is 0 Å². The maximum atomic E-state index is 13.3. The molecule has 1 unspecified atom stereocenters. The largest absolute Gasteiger partial charge is 0.416 e. The molecule has 1 aliphatic heterocycles. The van der Waals surface area contributed by atoms with Gasteiger partial charge in [-0.25, -0.2) is 0 Å². The van der Waals surface area contributed by atoms with Gasteiger partial charge in [0.15, 0.2) is 0 Å². The number of benzene rings is 1. The average Bonchev–Trinajstić information content (AvgIpc) is 2.73. The number of rotatable bonds is 8. The molecule has 1 aromatic carbocycles. The molecule has 0 saturated heterocycles. The van der Waals surface area contributed by atoms with Crippen molar-refractivity contribution in [2.45, 2.75) is 51.2 Å². The lowest BCUT2D eigenvalue weighted by Gasteiger charge is -2.43. The Morgan fingerprint density at radius 1 is 1.27 bits per heavy atom. The number of nitrogens with one attached hydrogen (secondary N) is 2. The van der Waals surface area contributed by atoms with E-state index in [4.69, 9.17) is 5.11 Å². The lowest BCUT2D eigenvalue weighted by molar-refractivity contribution is -0.137. The van der Waals surface area contributed by atoms with Crippen LogP contribution in [0, 0.1) is 17.8 Å². The number of halogens is 3. The smallest absolute Gasteiger partial charge is 0.395 e. The Bertz CT molecular complexity index is 759. The van der Waals surface area contributed by atoms with Crippen LogP contribution < -0.4 is 10.6 Å². The van der Waals surface area contributed by atoms with Crippen LogP contribution in [-0.2, 0) is 6.18 Å². The summed E-state index contributed by atoms with van der Waals surface area (Å²) >= 11 is 0. The minimum atomic E-state index is -4.33. The molecule has 0 bridgehead atoms. The molecule has 1 aromatic rings. The van der Waals surface area contributed by atoms with Crippen molar-refractivity contribution in [1.29, 1.82) is 0 Å². The molecular weight excluding hydrogens is 389 g/mol. The molecule has 3 N–H and O–H groups in total. The van der Waals surface area contributed by atoms with Gasteiger partial charge in [0.05, 0.1) is 12.2 Å². The molecule has 0 spiro atoms. The molecular formula is C24H33F3N2O. The van der Waals surface area contributed by atoms with Crippen molar-refractivity contribution in [3.05, 3.63) is 53.6 Å². The van der Waals surface area contributed by atoms with Gasteiger partial charge in [0.25, 0.3) is 0 Å². The molecule has 5 atom stereocenters. The molecule has 1 heterocycles. The lowest BCUT2D eigenvalue weighted by Crippen LogP contribution is -2.42. The van der Waals surface area contributed by atoms with E-state index in [1.165, 1.54) is 12.1 Å². The highest BCUT2D eigenvalue weighted by molar-refractivity contribution is 5.58. The summed E-state index contributed by atoms with van der Waals surface area (Å²) < 4.78 is 39.9. The topological polar surface area (TPSA) is 44.3 Å². The zero-order valence-electron chi connectivity index (χ0n) is 17.8. The molecule has 3 nitrogen and oxygen atoms in total. The molecule has 0 amide bonds. The van der Waals surface area contributed by atoms with Gasteiger partial charge in [0, 0.05) is 24.2 Å². The molecule has 0 saturated carbocycles. The number of alkyl halides is 3. The summed E-state index contributed by atoms with van der Waals surface area (Å²) in [6, 6.07) is 4.31. The number of hydrogen-bond acceptors (Lipinski definition) is 3. The van der Waals surface area contributed by atoms with Gasteiger partial charge < -0.3 is 15.7 Å². The van der Waals surface area contributed by atoms with E-state index in [1.54, 1.807) is 6.07 Å². The zero-order valence-corrected chi connectivity index (χ0v) is 17.8. The zero-order chi connectivity index (χ0) is 21.7. The van der Waals surface area contributed by atoms with E-state index in [-0.39, 0.29) is 24.5 Å². The van der Waals surface area contributed by atoms with Gasteiger partial charge in [-0.3, -0.25) is 0 Å². The number of fused-ring (bicyclic) bond motifs is 1. The molecule has 6 heteroatoms. The highest BCUT2D eigenvalue weighted by Crippen LogP contribution is 2.45. The van der Waals surface area contributed by atoms with Crippen molar-refractivity contribution in [1.82, 2.24) is 5.32 Å². The summed E-state index contributed by atoms with van der Waals surface area (Å²) in [5.74, 6) is 1.07. The first kappa shape index (κ1) is 22.9. The standard InChI is InChI=1S/C24H33F3N2O/c1-16(15-28-12-13-30)8-10-20-17(2)21-14-19(24(25,26)27)9-11-22(21)29-23(20)18-6-4-3-5-7-18/h3-6,9,11,14,16-18,20,23,28-30H,7-8,10,12-13,15H2,1-2H3/t16-,17+,18?,20-,23+/m1/s1.